The second-order valence-corrected chi connectivity index (χ2v) is 35.2. The van der Waals surface area contributed by atoms with E-state index in [1.807, 2.05) is 54.7 Å². The molecule has 0 saturated carbocycles. The van der Waals surface area contributed by atoms with E-state index in [4.69, 9.17) is 4.74 Å². The van der Waals surface area contributed by atoms with Crippen molar-refractivity contribution in [3.8, 4) is 72.5 Å². The molecule has 0 aliphatic carbocycles. The molecule has 0 N–H and O–H groups in total. The molecular weight excluding hydrogens is 1660 g/mol. The maximum absolute atomic E-state index is 6.15. The molecule has 5 heteroatoms. The van der Waals surface area contributed by atoms with Gasteiger partial charge in [-0.15, -0.1) is 0 Å². The molecule has 0 spiro atoms. The molecule has 5 nitrogen and oxygen atoms in total. The third kappa shape index (κ3) is 19.9. The second kappa shape index (κ2) is 42.1. The largest absolute Gasteiger partial charge is 0.489 e. The number of aryl methyl sites for hydroxylation is 1. The molecule has 0 radical (unpaired) electrons. The zero-order chi connectivity index (χ0) is 94.3. The molecule has 4 heterocycles. The molecule has 668 valence electrons. The maximum atomic E-state index is 6.15. The minimum absolute atomic E-state index is 0.534. The smallest absolute Gasteiger partial charge is 0.121 e. The predicted octanol–water partition coefficient (Wildman–Crippen LogP) is 36.8. The van der Waals surface area contributed by atoms with Crippen LogP contribution in [0, 0.1) is 5.92 Å². The zero-order valence-electron chi connectivity index (χ0n) is 78.7. The first-order valence-electron chi connectivity index (χ1n) is 47.7. The Balaban J connectivity index is 0.000000122. The fourth-order valence-electron chi connectivity index (χ4n) is 19.0. The molecule has 0 aliphatic rings. The number of hydrogen-bond donors (Lipinski definition) is 0. The van der Waals surface area contributed by atoms with Gasteiger partial charge in [0.05, 0.1) is 16.6 Å². The van der Waals surface area contributed by atoms with Crippen LogP contribution >= 0.6 is 0 Å². The Morgan fingerprint density at radius 3 is 0.912 bits per heavy atom. The number of hydrogen-bond acceptors (Lipinski definition) is 1. The first kappa shape index (κ1) is 90.9. The van der Waals surface area contributed by atoms with E-state index in [1.54, 1.807) is 0 Å². The van der Waals surface area contributed by atoms with Crippen LogP contribution in [0.5, 0.6) is 5.75 Å². The van der Waals surface area contributed by atoms with E-state index < -0.39 is 0 Å². The van der Waals surface area contributed by atoms with E-state index in [1.165, 1.54) is 191 Å². The Hall–Kier alpha value is -16.6. The molecule has 0 bridgehead atoms. The summed E-state index contributed by atoms with van der Waals surface area (Å²) in [6.45, 7) is 41.1. The third-order valence-corrected chi connectivity index (χ3v) is 26.8. The molecule has 0 saturated heterocycles. The summed E-state index contributed by atoms with van der Waals surface area (Å²) in [5.41, 5.74) is 37.3. The molecule has 0 fully saturated rings. The number of benzene rings is 17. The SMILES string of the molecule is C=Cc1ccc(-c2ccc3c(c2)c2cc(-c4ccc(C=C)cc4)ccc2n3/C=C/c2ccccc2)cc1.C=Cc1ccc(-c2ccc3c(c2)c2cc(-c4ccc(C=C)cc4)ccc2n3CC(CC)CCCC)cc1.C=Cc1ccc(-c2ccc3c(c2)c2cc(-c4ccc(C=C)cc4)ccc2n3CC)cc1.C=Cc1ccc(COc2ccc3c4ccccc4n(Cc4ccc(C=C)cc4)c3c2)cc1. The van der Waals surface area contributed by atoms with Gasteiger partial charge >= 0.3 is 0 Å². The molecule has 17 aromatic carbocycles. The Morgan fingerprint density at radius 1 is 0.255 bits per heavy atom. The summed E-state index contributed by atoms with van der Waals surface area (Å²) in [7, 11) is 0. The van der Waals surface area contributed by atoms with E-state index in [9.17, 15) is 0 Å². The third-order valence-electron chi connectivity index (χ3n) is 26.8. The first-order valence-corrected chi connectivity index (χ1v) is 47.7. The van der Waals surface area contributed by atoms with Crippen LogP contribution in [0.15, 0.2) is 429 Å². The van der Waals surface area contributed by atoms with Crippen LogP contribution in [0.2, 0.25) is 0 Å². The fourth-order valence-corrected chi connectivity index (χ4v) is 19.0. The summed E-state index contributed by atoms with van der Waals surface area (Å²) in [5.74, 6) is 1.56. The lowest BCUT2D eigenvalue weighted by atomic mass is 9.99. The summed E-state index contributed by atoms with van der Waals surface area (Å²) < 4.78 is 15.8. The minimum Gasteiger partial charge on any atom is -0.489 e. The summed E-state index contributed by atoms with van der Waals surface area (Å²) in [5, 5.41) is 10.2. The first-order chi connectivity index (χ1) is 67.3. The van der Waals surface area contributed by atoms with Crippen LogP contribution in [0.1, 0.15) is 108 Å². The number of para-hydroxylation sites is 1. The highest BCUT2D eigenvalue weighted by Crippen LogP contribution is 2.42. The lowest BCUT2D eigenvalue weighted by Gasteiger charge is -2.17. The Kier molecular flexibility index (Phi) is 27.9. The highest BCUT2D eigenvalue weighted by molar-refractivity contribution is 6.14. The van der Waals surface area contributed by atoms with E-state index in [-0.39, 0.29) is 0 Å². The van der Waals surface area contributed by atoms with Crippen molar-refractivity contribution in [3.63, 3.8) is 0 Å². The Labute approximate surface area is 806 Å². The van der Waals surface area contributed by atoms with Crippen LogP contribution in [-0.4, -0.2) is 18.3 Å². The molecule has 0 aliphatic heterocycles. The van der Waals surface area contributed by atoms with Gasteiger partial charge in [0.1, 0.15) is 12.4 Å². The van der Waals surface area contributed by atoms with Gasteiger partial charge in [-0.25, -0.2) is 0 Å². The molecular formula is C132H114N4O. The van der Waals surface area contributed by atoms with Crippen molar-refractivity contribution >= 4 is 148 Å². The second-order valence-electron chi connectivity index (χ2n) is 35.2. The monoisotopic (exact) mass is 1770 g/mol. The van der Waals surface area contributed by atoms with Crippen LogP contribution < -0.4 is 4.74 Å². The summed E-state index contributed by atoms with van der Waals surface area (Å²) in [6, 6.07) is 135. The lowest BCUT2D eigenvalue weighted by Crippen LogP contribution is -2.10. The maximum Gasteiger partial charge on any atom is 0.121 e. The topological polar surface area (TPSA) is 28.9 Å². The van der Waals surface area contributed by atoms with Crippen LogP contribution in [0.3, 0.4) is 0 Å². The molecule has 0 amide bonds. The Morgan fingerprint density at radius 2 is 0.562 bits per heavy atom. The number of unbranched alkanes of at least 4 members (excludes halogenated alkanes) is 1. The molecule has 21 rings (SSSR count). The molecule has 1 atom stereocenters. The Bertz CT molecular complexity index is 7700. The van der Waals surface area contributed by atoms with Crippen molar-refractivity contribution in [2.75, 3.05) is 0 Å². The number of rotatable bonds is 28. The van der Waals surface area contributed by atoms with Gasteiger partial charge in [0.15, 0.2) is 0 Å². The lowest BCUT2D eigenvalue weighted by molar-refractivity contribution is 0.306. The number of ether oxygens (including phenoxy) is 1. The number of aromatic nitrogens is 4. The van der Waals surface area contributed by atoms with E-state index in [0.29, 0.717) is 12.5 Å². The van der Waals surface area contributed by atoms with Gasteiger partial charge in [0.25, 0.3) is 0 Å². The van der Waals surface area contributed by atoms with Crippen molar-refractivity contribution in [1.29, 1.82) is 0 Å². The van der Waals surface area contributed by atoms with Gasteiger partial charge in [-0.1, -0.05) is 413 Å². The number of fused-ring (bicyclic) bond motifs is 12. The fraction of sp³-hybridized carbons (Fsp3) is 0.0909. The summed E-state index contributed by atoms with van der Waals surface area (Å²) >= 11 is 0. The van der Waals surface area contributed by atoms with Crippen molar-refractivity contribution in [2.45, 2.75) is 72.7 Å². The van der Waals surface area contributed by atoms with Crippen molar-refractivity contribution in [3.05, 3.63) is 490 Å². The van der Waals surface area contributed by atoms with E-state index in [0.717, 1.165) is 75.5 Å². The molecule has 1 unspecified atom stereocenters. The van der Waals surface area contributed by atoms with Gasteiger partial charge in [0.2, 0.25) is 0 Å². The van der Waals surface area contributed by atoms with Crippen molar-refractivity contribution in [2.24, 2.45) is 5.92 Å². The van der Waals surface area contributed by atoms with Gasteiger partial charge < -0.3 is 23.0 Å². The summed E-state index contributed by atoms with van der Waals surface area (Å²) in [4.78, 5) is 0. The van der Waals surface area contributed by atoms with Crippen molar-refractivity contribution < 1.29 is 4.74 Å². The molecule has 21 aromatic rings. The highest BCUT2D eigenvalue weighted by atomic mass is 16.5. The predicted molar refractivity (Wildman–Crippen MR) is 598 cm³/mol. The average molecular weight is 1770 g/mol. The quantitative estimate of drug-likeness (QED) is 0.0480. The summed E-state index contributed by atoms with van der Waals surface area (Å²) in [6.07, 6.45) is 24.4. The van der Waals surface area contributed by atoms with E-state index in [2.05, 4.69) is 474 Å². The van der Waals surface area contributed by atoms with Crippen LogP contribution in [0.25, 0.3) is 215 Å². The van der Waals surface area contributed by atoms with Gasteiger partial charge in [0, 0.05) is 103 Å². The van der Waals surface area contributed by atoms with Crippen LogP contribution in [0.4, 0.5) is 0 Å². The van der Waals surface area contributed by atoms with Crippen molar-refractivity contribution in [1.82, 2.24) is 18.3 Å². The zero-order valence-corrected chi connectivity index (χ0v) is 78.7. The van der Waals surface area contributed by atoms with Gasteiger partial charge in [-0.3, -0.25) is 0 Å². The van der Waals surface area contributed by atoms with Gasteiger partial charge in [-0.2, -0.15) is 0 Å². The minimum atomic E-state index is 0.534. The van der Waals surface area contributed by atoms with Crippen LogP contribution in [-0.2, 0) is 26.2 Å². The average Bonchev–Trinajstić information content (AvgIpc) is 1.61. The highest BCUT2D eigenvalue weighted by Gasteiger charge is 2.21. The normalized spacial score (nSPS) is 11.4. The number of nitrogens with zero attached hydrogens (tertiary/aromatic N) is 4. The standard InChI is InChI=1S/C36H27N.C36H37N.C30H25NO.C30H25N/c1-3-26-10-14-29(15-11-26)31-18-20-35-33(24-31)34-25-32(30-16-12-27(4-2)13-17-30)19-21-36(34)37(35)23-22-28-8-6-5-7-9-28;1-5-9-10-28(8-4)25-37-35-21-19-31(29-15-11-26(6-2)12-16-29)23-33(35)34-24-32(20-22-36(34)37)30-17-13-27(7-3)14-18-30;1-3-22-9-13-24(14-10-22)20-31-29-8-6-5-7-27(29)28-18-17-26(19-30(28)31)32-21-25-15-11-23(4-2)12-16-25;1-4-21-7-11-23(12-8-21)25-15-17-29-27(19-25)28-20-26(16-18-30(28)31(29)6-3)24-13-9-22(5-2)10-14-24/h3-25H,1-2H2;6-7,11-24,28H,2-3,5,8-10,25H2,1,4H3;3-19H,1-2,20-21H2;4-5,7-20H,1-2,6H2,3H3/b23-22+;;;. The van der Waals surface area contributed by atoms with E-state index >= 15 is 0 Å². The molecule has 4 aromatic heterocycles. The van der Waals surface area contributed by atoms with Gasteiger partial charge in [-0.05, 0) is 244 Å². The molecule has 137 heavy (non-hydrogen) atoms.